The topological polar surface area (TPSA) is 32.3 Å². The van der Waals surface area contributed by atoms with Gasteiger partial charge in [-0.2, -0.15) is 0 Å². The van der Waals surface area contributed by atoms with E-state index >= 15 is 0 Å². The van der Waals surface area contributed by atoms with Crippen LogP contribution in [0.3, 0.4) is 0 Å². The molecule has 0 saturated carbocycles. The number of hydrogen-bond acceptors (Lipinski definition) is 2. The zero-order valence-electron chi connectivity index (χ0n) is 8.01. The SMILES string of the molecule is C#CCCC(O)CNCC(C)C. The van der Waals surface area contributed by atoms with Gasteiger partial charge in [0, 0.05) is 13.0 Å². The zero-order chi connectivity index (χ0) is 9.40. The molecule has 12 heavy (non-hydrogen) atoms. The highest BCUT2D eigenvalue weighted by atomic mass is 16.3. The van der Waals surface area contributed by atoms with Crippen molar-refractivity contribution in [3.63, 3.8) is 0 Å². The van der Waals surface area contributed by atoms with Crippen LogP contribution in [0.25, 0.3) is 0 Å². The quantitative estimate of drug-likeness (QED) is 0.582. The van der Waals surface area contributed by atoms with Crippen LogP contribution < -0.4 is 5.32 Å². The molecule has 0 saturated heterocycles. The minimum absolute atomic E-state index is 0.292. The summed E-state index contributed by atoms with van der Waals surface area (Å²) in [5.74, 6) is 3.14. The van der Waals surface area contributed by atoms with E-state index in [2.05, 4.69) is 25.1 Å². The molecule has 0 heterocycles. The molecule has 2 nitrogen and oxygen atoms in total. The molecule has 0 aromatic rings. The Labute approximate surface area is 75.4 Å². The second kappa shape index (κ2) is 7.15. The van der Waals surface area contributed by atoms with Gasteiger partial charge in [0.2, 0.25) is 0 Å². The van der Waals surface area contributed by atoms with Crippen LogP contribution in [0.5, 0.6) is 0 Å². The molecule has 0 rings (SSSR count). The molecule has 0 fully saturated rings. The number of aliphatic hydroxyl groups is 1. The lowest BCUT2D eigenvalue weighted by Crippen LogP contribution is -2.29. The summed E-state index contributed by atoms with van der Waals surface area (Å²) in [6.07, 6.45) is 6.13. The van der Waals surface area contributed by atoms with Gasteiger partial charge < -0.3 is 10.4 Å². The lowest BCUT2D eigenvalue weighted by molar-refractivity contribution is 0.162. The lowest BCUT2D eigenvalue weighted by atomic mass is 10.2. The summed E-state index contributed by atoms with van der Waals surface area (Å²) in [7, 11) is 0. The second-order valence-electron chi connectivity index (χ2n) is 3.45. The van der Waals surface area contributed by atoms with E-state index in [-0.39, 0.29) is 6.10 Å². The van der Waals surface area contributed by atoms with Crippen molar-refractivity contribution in [2.24, 2.45) is 5.92 Å². The molecule has 0 aromatic carbocycles. The third-order valence-corrected chi connectivity index (χ3v) is 1.55. The Kier molecular flexibility index (Phi) is 6.84. The molecule has 2 N–H and O–H groups in total. The summed E-state index contributed by atoms with van der Waals surface area (Å²) in [6.45, 7) is 5.88. The molecule has 0 aliphatic rings. The van der Waals surface area contributed by atoms with E-state index in [1.807, 2.05) is 0 Å². The maximum Gasteiger partial charge on any atom is 0.0673 e. The van der Waals surface area contributed by atoms with E-state index in [1.165, 1.54) is 0 Å². The first-order valence-corrected chi connectivity index (χ1v) is 4.49. The third kappa shape index (κ3) is 7.59. The fraction of sp³-hybridized carbons (Fsp3) is 0.800. The highest BCUT2D eigenvalue weighted by Gasteiger charge is 2.02. The first kappa shape index (κ1) is 11.5. The van der Waals surface area contributed by atoms with E-state index < -0.39 is 0 Å². The Hall–Kier alpha value is -0.520. The molecule has 0 aliphatic heterocycles. The molecular formula is C10H19NO. The van der Waals surface area contributed by atoms with Gasteiger partial charge in [-0.1, -0.05) is 13.8 Å². The Balaban J connectivity index is 3.20. The van der Waals surface area contributed by atoms with Crippen LogP contribution >= 0.6 is 0 Å². The van der Waals surface area contributed by atoms with Crippen LogP contribution in [0.2, 0.25) is 0 Å². The zero-order valence-corrected chi connectivity index (χ0v) is 8.01. The number of hydrogen-bond donors (Lipinski definition) is 2. The molecule has 0 spiro atoms. The molecule has 0 bridgehead atoms. The summed E-state index contributed by atoms with van der Waals surface area (Å²) >= 11 is 0. The molecule has 0 aliphatic carbocycles. The molecular weight excluding hydrogens is 150 g/mol. The second-order valence-corrected chi connectivity index (χ2v) is 3.45. The Morgan fingerprint density at radius 1 is 1.42 bits per heavy atom. The van der Waals surface area contributed by atoms with Crippen molar-refractivity contribution in [1.29, 1.82) is 0 Å². The van der Waals surface area contributed by atoms with Crippen molar-refractivity contribution in [2.45, 2.75) is 32.8 Å². The number of rotatable bonds is 6. The molecule has 0 aromatic heterocycles. The number of nitrogens with one attached hydrogen (secondary N) is 1. The lowest BCUT2D eigenvalue weighted by Gasteiger charge is -2.11. The van der Waals surface area contributed by atoms with Crippen molar-refractivity contribution in [3.05, 3.63) is 0 Å². The standard InChI is InChI=1S/C10H19NO/c1-4-5-6-10(12)8-11-7-9(2)3/h1,9-12H,5-8H2,2-3H3. The highest BCUT2D eigenvalue weighted by molar-refractivity contribution is 4.84. The third-order valence-electron chi connectivity index (χ3n) is 1.55. The Bertz CT molecular complexity index is 137. The average Bonchev–Trinajstić information content (AvgIpc) is 2.00. The largest absolute Gasteiger partial charge is 0.392 e. The summed E-state index contributed by atoms with van der Waals surface area (Å²) in [5, 5.41) is 12.5. The number of aliphatic hydroxyl groups excluding tert-OH is 1. The summed E-state index contributed by atoms with van der Waals surface area (Å²) < 4.78 is 0. The fourth-order valence-electron chi connectivity index (χ4n) is 0.891. The molecule has 1 unspecified atom stereocenters. The maximum absolute atomic E-state index is 9.34. The van der Waals surface area contributed by atoms with Crippen LogP contribution in [0.4, 0.5) is 0 Å². The first-order valence-electron chi connectivity index (χ1n) is 4.49. The summed E-state index contributed by atoms with van der Waals surface area (Å²) in [6, 6.07) is 0. The Morgan fingerprint density at radius 3 is 2.58 bits per heavy atom. The minimum atomic E-state index is -0.292. The first-order chi connectivity index (χ1) is 5.66. The maximum atomic E-state index is 9.34. The van der Waals surface area contributed by atoms with Crippen LogP contribution in [-0.4, -0.2) is 24.3 Å². The van der Waals surface area contributed by atoms with E-state index in [1.54, 1.807) is 0 Å². The smallest absolute Gasteiger partial charge is 0.0673 e. The van der Waals surface area contributed by atoms with Gasteiger partial charge in [0.15, 0.2) is 0 Å². The van der Waals surface area contributed by atoms with Gasteiger partial charge in [-0.05, 0) is 18.9 Å². The van der Waals surface area contributed by atoms with Crippen LogP contribution in [0.1, 0.15) is 26.7 Å². The van der Waals surface area contributed by atoms with Crippen LogP contribution in [0.15, 0.2) is 0 Å². The van der Waals surface area contributed by atoms with Crippen molar-refractivity contribution in [1.82, 2.24) is 5.32 Å². The van der Waals surface area contributed by atoms with Crippen LogP contribution in [-0.2, 0) is 0 Å². The van der Waals surface area contributed by atoms with E-state index in [4.69, 9.17) is 6.42 Å². The molecule has 2 heteroatoms. The summed E-state index contributed by atoms with van der Waals surface area (Å²) in [5.41, 5.74) is 0. The van der Waals surface area contributed by atoms with Crippen molar-refractivity contribution >= 4 is 0 Å². The molecule has 0 radical (unpaired) electrons. The van der Waals surface area contributed by atoms with E-state index in [9.17, 15) is 5.11 Å². The van der Waals surface area contributed by atoms with E-state index in [0.29, 0.717) is 25.3 Å². The predicted molar refractivity (Wildman–Crippen MR) is 51.8 cm³/mol. The van der Waals surface area contributed by atoms with Gasteiger partial charge in [-0.15, -0.1) is 12.3 Å². The van der Waals surface area contributed by atoms with Crippen molar-refractivity contribution < 1.29 is 5.11 Å². The van der Waals surface area contributed by atoms with Gasteiger partial charge in [0.05, 0.1) is 6.10 Å². The monoisotopic (exact) mass is 169 g/mol. The van der Waals surface area contributed by atoms with Gasteiger partial charge in [-0.25, -0.2) is 0 Å². The predicted octanol–water partition coefficient (Wildman–Crippen LogP) is 1.01. The molecule has 1 atom stereocenters. The normalized spacial score (nSPS) is 12.9. The van der Waals surface area contributed by atoms with Gasteiger partial charge in [0.25, 0.3) is 0 Å². The minimum Gasteiger partial charge on any atom is -0.392 e. The summed E-state index contributed by atoms with van der Waals surface area (Å²) in [4.78, 5) is 0. The van der Waals surface area contributed by atoms with Gasteiger partial charge in [0.1, 0.15) is 0 Å². The Morgan fingerprint density at radius 2 is 2.08 bits per heavy atom. The average molecular weight is 169 g/mol. The molecule has 0 amide bonds. The van der Waals surface area contributed by atoms with Gasteiger partial charge >= 0.3 is 0 Å². The van der Waals surface area contributed by atoms with Gasteiger partial charge in [-0.3, -0.25) is 0 Å². The van der Waals surface area contributed by atoms with Crippen LogP contribution in [0, 0.1) is 18.3 Å². The van der Waals surface area contributed by atoms with Crippen molar-refractivity contribution in [2.75, 3.05) is 13.1 Å². The highest BCUT2D eigenvalue weighted by Crippen LogP contribution is 1.94. The van der Waals surface area contributed by atoms with Crippen molar-refractivity contribution in [3.8, 4) is 12.3 Å². The number of terminal acetylenes is 1. The molecule has 70 valence electrons. The van der Waals surface area contributed by atoms with E-state index in [0.717, 1.165) is 6.54 Å². The fourth-order valence-corrected chi connectivity index (χ4v) is 0.891.